The lowest BCUT2D eigenvalue weighted by molar-refractivity contribution is 0.317. The van der Waals surface area contributed by atoms with Crippen LogP contribution in [0.15, 0.2) is 58.3 Å². The van der Waals surface area contributed by atoms with Crippen LogP contribution in [-0.4, -0.2) is 6.61 Å². The Balaban J connectivity index is 2.15. The van der Waals surface area contributed by atoms with E-state index in [1.165, 1.54) is 4.90 Å². The molecule has 0 aliphatic heterocycles. The fourth-order valence-electron chi connectivity index (χ4n) is 1.58. The molecule has 0 saturated carbocycles. The van der Waals surface area contributed by atoms with Crippen molar-refractivity contribution >= 4 is 17.4 Å². The molecule has 2 nitrogen and oxygen atoms in total. The van der Waals surface area contributed by atoms with Gasteiger partial charge in [-0.1, -0.05) is 36.9 Å². The molecule has 0 spiro atoms. The molecule has 0 saturated heterocycles. The second kappa shape index (κ2) is 6.36. The number of hydrogen-bond acceptors (Lipinski definition) is 3. The van der Waals surface area contributed by atoms with Gasteiger partial charge in [-0.25, -0.2) is 0 Å². The summed E-state index contributed by atoms with van der Waals surface area (Å²) in [5.74, 6) is 0.843. The van der Waals surface area contributed by atoms with E-state index in [0.717, 1.165) is 29.4 Å². The lowest BCUT2D eigenvalue weighted by atomic mass is 10.3. The Morgan fingerprint density at radius 3 is 2.56 bits per heavy atom. The minimum atomic E-state index is 0.721. The highest BCUT2D eigenvalue weighted by Crippen LogP contribution is 2.32. The van der Waals surface area contributed by atoms with E-state index < -0.39 is 0 Å². The van der Waals surface area contributed by atoms with E-state index in [1.54, 1.807) is 11.8 Å². The molecule has 0 aromatic heterocycles. The number of nitrogens with two attached hydrogens (primary N) is 1. The van der Waals surface area contributed by atoms with E-state index in [4.69, 9.17) is 10.5 Å². The first-order valence-electron chi connectivity index (χ1n) is 6.04. The third kappa shape index (κ3) is 3.70. The Hall–Kier alpha value is -1.61. The summed E-state index contributed by atoms with van der Waals surface area (Å²) in [6.45, 7) is 2.81. The quantitative estimate of drug-likeness (QED) is 0.817. The summed E-state index contributed by atoms with van der Waals surface area (Å²) in [7, 11) is 0. The van der Waals surface area contributed by atoms with E-state index in [1.807, 2.05) is 36.4 Å². The molecule has 2 aromatic carbocycles. The van der Waals surface area contributed by atoms with Gasteiger partial charge in [0.15, 0.2) is 0 Å². The molecular formula is C15H17NOS. The predicted molar refractivity (Wildman–Crippen MR) is 77.2 cm³/mol. The fraction of sp³-hybridized carbons (Fsp3) is 0.200. The largest absolute Gasteiger partial charge is 0.493 e. The molecule has 0 amide bonds. The molecular weight excluding hydrogens is 242 g/mol. The third-order valence-corrected chi connectivity index (χ3v) is 3.33. The molecule has 0 bridgehead atoms. The average molecular weight is 259 g/mol. The molecule has 2 rings (SSSR count). The second-order valence-electron chi connectivity index (χ2n) is 4.00. The molecule has 94 valence electrons. The minimum Gasteiger partial charge on any atom is -0.493 e. The highest BCUT2D eigenvalue weighted by atomic mass is 32.2. The van der Waals surface area contributed by atoms with Gasteiger partial charge in [-0.15, -0.1) is 0 Å². The number of hydrogen-bond donors (Lipinski definition) is 1. The van der Waals surface area contributed by atoms with Gasteiger partial charge in [-0.3, -0.25) is 0 Å². The normalized spacial score (nSPS) is 10.3. The van der Waals surface area contributed by atoms with Crippen molar-refractivity contribution in [2.45, 2.75) is 23.1 Å². The van der Waals surface area contributed by atoms with Gasteiger partial charge >= 0.3 is 0 Å². The van der Waals surface area contributed by atoms with Crippen LogP contribution in [0.2, 0.25) is 0 Å². The predicted octanol–water partition coefficient (Wildman–Crippen LogP) is 4.21. The van der Waals surface area contributed by atoms with Gasteiger partial charge in [-0.05, 0) is 30.7 Å². The highest BCUT2D eigenvalue weighted by Gasteiger charge is 2.02. The molecule has 2 N–H and O–H groups in total. The lowest BCUT2D eigenvalue weighted by Crippen LogP contribution is -1.96. The van der Waals surface area contributed by atoms with Crippen molar-refractivity contribution < 1.29 is 4.74 Å². The topological polar surface area (TPSA) is 35.2 Å². The first-order valence-corrected chi connectivity index (χ1v) is 6.86. The summed E-state index contributed by atoms with van der Waals surface area (Å²) >= 11 is 1.69. The van der Waals surface area contributed by atoms with Crippen LogP contribution in [0.4, 0.5) is 5.69 Å². The maximum Gasteiger partial charge on any atom is 0.122 e. The third-order valence-electron chi connectivity index (χ3n) is 2.35. The standard InChI is InChI=1S/C15H17NOS/c1-2-8-17-13-9-12(16)10-15(11-13)18-14-6-4-3-5-7-14/h3-7,9-11H,2,8,16H2,1H3. The van der Waals surface area contributed by atoms with Gasteiger partial charge in [-0.2, -0.15) is 0 Å². The van der Waals surface area contributed by atoms with Crippen LogP contribution in [0.5, 0.6) is 5.75 Å². The van der Waals surface area contributed by atoms with Gasteiger partial charge in [0.2, 0.25) is 0 Å². The molecule has 0 aliphatic carbocycles. The van der Waals surface area contributed by atoms with E-state index in [0.29, 0.717) is 0 Å². The zero-order chi connectivity index (χ0) is 12.8. The summed E-state index contributed by atoms with van der Waals surface area (Å²) in [5, 5.41) is 0. The molecule has 0 heterocycles. The van der Waals surface area contributed by atoms with Gasteiger partial charge in [0.05, 0.1) is 6.61 Å². The monoisotopic (exact) mass is 259 g/mol. The summed E-state index contributed by atoms with van der Waals surface area (Å²) < 4.78 is 5.62. The second-order valence-corrected chi connectivity index (χ2v) is 5.15. The minimum absolute atomic E-state index is 0.721. The molecule has 3 heteroatoms. The van der Waals surface area contributed by atoms with Crippen molar-refractivity contribution in [2.75, 3.05) is 12.3 Å². The van der Waals surface area contributed by atoms with Crippen molar-refractivity contribution in [1.82, 2.24) is 0 Å². The molecule has 0 fully saturated rings. The molecule has 0 unspecified atom stereocenters. The summed E-state index contributed by atoms with van der Waals surface area (Å²) in [4.78, 5) is 2.30. The first kappa shape index (κ1) is 12.8. The first-order chi connectivity index (χ1) is 8.78. The zero-order valence-electron chi connectivity index (χ0n) is 10.4. The molecule has 0 radical (unpaired) electrons. The smallest absolute Gasteiger partial charge is 0.122 e. The summed E-state index contributed by atoms with van der Waals surface area (Å²) in [5.41, 5.74) is 6.63. The molecule has 2 aromatic rings. The van der Waals surface area contributed by atoms with E-state index in [-0.39, 0.29) is 0 Å². The van der Waals surface area contributed by atoms with Gasteiger partial charge in [0.1, 0.15) is 5.75 Å². The van der Waals surface area contributed by atoms with Crippen molar-refractivity contribution in [3.05, 3.63) is 48.5 Å². The average Bonchev–Trinajstić information content (AvgIpc) is 2.37. The number of benzene rings is 2. The van der Waals surface area contributed by atoms with Crippen LogP contribution in [0.3, 0.4) is 0 Å². The van der Waals surface area contributed by atoms with Crippen LogP contribution in [0, 0.1) is 0 Å². The SMILES string of the molecule is CCCOc1cc(N)cc(Sc2ccccc2)c1. The van der Waals surface area contributed by atoms with E-state index in [2.05, 4.69) is 19.1 Å². The number of rotatable bonds is 5. The van der Waals surface area contributed by atoms with E-state index in [9.17, 15) is 0 Å². The Labute approximate surface area is 112 Å². The van der Waals surface area contributed by atoms with Gasteiger partial charge in [0, 0.05) is 21.5 Å². The number of ether oxygens (including phenoxy) is 1. The summed E-state index contributed by atoms with van der Waals surface area (Å²) in [6, 6.07) is 16.1. The Kier molecular flexibility index (Phi) is 4.53. The van der Waals surface area contributed by atoms with Crippen molar-refractivity contribution in [3.8, 4) is 5.75 Å². The molecule has 0 aliphatic rings. The zero-order valence-corrected chi connectivity index (χ0v) is 11.2. The van der Waals surface area contributed by atoms with Crippen LogP contribution in [0.25, 0.3) is 0 Å². The lowest BCUT2D eigenvalue weighted by Gasteiger charge is -2.08. The molecule has 18 heavy (non-hydrogen) atoms. The summed E-state index contributed by atoms with van der Waals surface area (Å²) in [6.07, 6.45) is 0.996. The number of anilines is 1. The molecule has 0 atom stereocenters. The van der Waals surface area contributed by atoms with Gasteiger partial charge < -0.3 is 10.5 Å². The van der Waals surface area contributed by atoms with Crippen molar-refractivity contribution in [2.24, 2.45) is 0 Å². The maximum atomic E-state index is 5.89. The Morgan fingerprint density at radius 2 is 1.83 bits per heavy atom. The Bertz CT molecular complexity index is 499. The Morgan fingerprint density at radius 1 is 1.06 bits per heavy atom. The highest BCUT2D eigenvalue weighted by molar-refractivity contribution is 7.99. The van der Waals surface area contributed by atoms with Crippen LogP contribution >= 0.6 is 11.8 Å². The van der Waals surface area contributed by atoms with E-state index >= 15 is 0 Å². The van der Waals surface area contributed by atoms with Crippen molar-refractivity contribution in [3.63, 3.8) is 0 Å². The van der Waals surface area contributed by atoms with Crippen LogP contribution in [-0.2, 0) is 0 Å². The number of nitrogen functional groups attached to an aromatic ring is 1. The van der Waals surface area contributed by atoms with Crippen LogP contribution in [0.1, 0.15) is 13.3 Å². The van der Waals surface area contributed by atoms with Crippen LogP contribution < -0.4 is 10.5 Å². The van der Waals surface area contributed by atoms with Gasteiger partial charge in [0.25, 0.3) is 0 Å². The van der Waals surface area contributed by atoms with Crippen molar-refractivity contribution in [1.29, 1.82) is 0 Å². The maximum absolute atomic E-state index is 5.89. The fourth-order valence-corrected chi connectivity index (χ4v) is 2.52.